The van der Waals surface area contributed by atoms with Crippen molar-refractivity contribution in [1.82, 2.24) is 19.7 Å². The third-order valence-corrected chi connectivity index (χ3v) is 4.50. The molecule has 0 aliphatic carbocycles. The molecule has 6 heteroatoms. The standard InChI is InChI=1S/C18H26N4O2/c1-13-7-20-22(9-13)11-16-10-21(5-6-24-16)12-17-15(3)18(23-4)14(2)8-19-17/h7-9,16H,5-6,10-12H2,1-4H3. The third kappa shape index (κ3) is 3.76. The molecular weight excluding hydrogens is 304 g/mol. The second-order valence-electron chi connectivity index (χ2n) is 6.51. The van der Waals surface area contributed by atoms with Crippen LogP contribution in [0.1, 0.15) is 22.4 Å². The first-order chi connectivity index (χ1) is 11.6. The maximum atomic E-state index is 5.91. The Morgan fingerprint density at radius 3 is 2.83 bits per heavy atom. The highest BCUT2D eigenvalue weighted by atomic mass is 16.5. The fraction of sp³-hybridized carbons (Fsp3) is 0.556. The number of nitrogens with zero attached hydrogens (tertiary/aromatic N) is 4. The zero-order chi connectivity index (χ0) is 17.1. The second-order valence-corrected chi connectivity index (χ2v) is 6.51. The number of pyridine rings is 1. The molecule has 0 aromatic carbocycles. The molecule has 24 heavy (non-hydrogen) atoms. The van der Waals surface area contributed by atoms with E-state index in [9.17, 15) is 0 Å². The molecule has 0 spiro atoms. The highest BCUT2D eigenvalue weighted by Gasteiger charge is 2.22. The Hall–Kier alpha value is -1.92. The number of aryl methyl sites for hydroxylation is 2. The molecule has 0 bridgehead atoms. The Morgan fingerprint density at radius 1 is 1.29 bits per heavy atom. The molecule has 2 aromatic rings. The molecular formula is C18H26N4O2. The lowest BCUT2D eigenvalue weighted by atomic mass is 10.1. The molecule has 1 aliphatic heterocycles. The predicted octanol–water partition coefficient (Wildman–Crippen LogP) is 2.11. The van der Waals surface area contributed by atoms with Gasteiger partial charge in [0.1, 0.15) is 5.75 Å². The summed E-state index contributed by atoms with van der Waals surface area (Å²) in [6.45, 7) is 10.3. The van der Waals surface area contributed by atoms with Gasteiger partial charge in [-0.3, -0.25) is 14.6 Å². The van der Waals surface area contributed by atoms with Gasteiger partial charge in [0, 0.05) is 43.2 Å². The normalized spacial score (nSPS) is 18.8. The Balaban J connectivity index is 1.65. The van der Waals surface area contributed by atoms with E-state index in [2.05, 4.69) is 35.0 Å². The molecule has 3 rings (SSSR count). The summed E-state index contributed by atoms with van der Waals surface area (Å²) >= 11 is 0. The summed E-state index contributed by atoms with van der Waals surface area (Å²) in [5.74, 6) is 0.942. The first-order valence-electron chi connectivity index (χ1n) is 8.39. The van der Waals surface area contributed by atoms with Crippen molar-refractivity contribution in [3.05, 3.63) is 41.0 Å². The number of ether oxygens (including phenoxy) is 2. The lowest BCUT2D eigenvalue weighted by molar-refractivity contribution is -0.0406. The van der Waals surface area contributed by atoms with E-state index in [0.29, 0.717) is 0 Å². The van der Waals surface area contributed by atoms with Crippen LogP contribution in [0.5, 0.6) is 5.75 Å². The zero-order valence-electron chi connectivity index (χ0n) is 15.0. The minimum Gasteiger partial charge on any atom is -0.496 e. The topological polar surface area (TPSA) is 52.4 Å². The average molecular weight is 330 g/mol. The minimum absolute atomic E-state index is 0.158. The smallest absolute Gasteiger partial charge is 0.128 e. The lowest BCUT2D eigenvalue weighted by Gasteiger charge is -2.33. The van der Waals surface area contributed by atoms with Gasteiger partial charge >= 0.3 is 0 Å². The lowest BCUT2D eigenvalue weighted by Crippen LogP contribution is -2.44. The van der Waals surface area contributed by atoms with Crippen molar-refractivity contribution in [3.8, 4) is 5.75 Å². The van der Waals surface area contributed by atoms with E-state index in [1.165, 1.54) is 5.56 Å². The van der Waals surface area contributed by atoms with E-state index in [0.717, 1.165) is 55.4 Å². The Kier molecular flexibility index (Phi) is 5.16. The molecule has 6 nitrogen and oxygen atoms in total. The average Bonchev–Trinajstić information content (AvgIpc) is 2.96. The van der Waals surface area contributed by atoms with Crippen LogP contribution >= 0.6 is 0 Å². The van der Waals surface area contributed by atoms with Crippen LogP contribution in [-0.2, 0) is 17.8 Å². The largest absolute Gasteiger partial charge is 0.496 e. The van der Waals surface area contributed by atoms with Gasteiger partial charge in [0.05, 0.1) is 38.3 Å². The fourth-order valence-electron chi connectivity index (χ4n) is 3.25. The summed E-state index contributed by atoms with van der Waals surface area (Å²) in [6.07, 6.45) is 5.99. The van der Waals surface area contributed by atoms with Crippen LogP contribution in [0.25, 0.3) is 0 Å². The maximum absolute atomic E-state index is 5.91. The maximum Gasteiger partial charge on any atom is 0.128 e. The van der Waals surface area contributed by atoms with Gasteiger partial charge in [0.25, 0.3) is 0 Å². The summed E-state index contributed by atoms with van der Waals surface area (Å²) < 4.78 is 13.4. The zero-order valence-corrected chi connectivity index (χ0v) is 15.0. The van der Waals surface area contributed by atoms with Gasteiger partial charge in [-0.2, -0.15) is 5.10 Å². The van der Waals surface area contributed by atoms with Gasteiger partial charge in [-0.15, -0.1) is 0 Å². The van der Waals surface area contributed by atoms with Crippen LogP contribution in [0, 0.1) is 20.8 Å². The van der Waals surface area contributed by atoms with E-state index in [-0.39, 0.29) is 6.10 Å². The van der Waals surface area contributed by atoms with Crippen LogP contribution in [0.3, 0.4) is 0 Å². The monoisotopic (exact) mass is 330 g/mol. The predicted molar refractivity (Wildman–Crippen MR) is 92.2 cm³/mol. The molecule has 1 fully saturated rings. The summed E-state index contributed by atoms with van der Waals surface area (Å²) in [7, 11) is 1.72. The number of aromatic nitrogens is 3. The number of rotatable bonds is 5. The number of morpholine rings is 1. The highest BCUT2D eigenvalue weighted by molar-refractivity contribution is 5.41. The van der Waals surface area contributed by atoms with E-state index >= 15 is 0 Å². The van der Waals surface area contributed by atoms with E-state index in [1.54, 1.807) is 7.11 Å². The first-order valence-corrected chi connectivity index (χ1v) is 8.39. The summed E-state index contributed by atoms with van der Waals surface area (Å²) in [4.78, 5) is 7.01. The van der Waals surface area contributed by atoms with Crippen molar-refractivity contribution in [2.45, 2.75) is 40.0 Å². The van der Waals surface area contributed by atoms with Crippen molar-refractivity contribution in [1.29, 1.82) is 0 Å². The van der Waals surface area contributed by atoms with E-state index < -0.39 is 0 Å². The van der Waals surface area contributed by atoms with Crippen LogP contribution in [-0.4, -0.2) is 52.6 Å². The summed E-state index contributed by atoms with van der Waals surface area (Å²) in [5, 5.41) is 4.35. The Bertz CT molecular complexity index is 698. The molecule has 0 saturated carbocycles. The highest BCUT2D eigenvalue weighted by Crippen LogP contribution is 2.25. The van der Waals surface area contributed by atoms with Crippen molar-refractivity contribution >= 4 is 0 Å². The van der Waals surface area contributed by atoms with Crippen LogP contribution in [0.2, 0.25) is 0 Å². The second kappa shape index (κ2) is 7.32. The molecule has 0 radical (unpaired) electrons. The molecule has 1 aliphatic rings. The van der Waals surface area contributed by atoms with Crippen LogP contribution in [0.4, 0.5) is 0 Å². The van der Waals surface area contributed by atoms with Crippen molar-refractivity contribution in [3.63, 3.8) is 0 Å². The van der Waals surface area contributed by atoms with Gasteiger partial charge in [-0.25, -0.2) is 0 Å². The third-order valence-electron chi connectivity index (χ3n) is 4.50. The Labute approximate surface area is 143 Å². The molecule has 3 heterocycles. The van der Waals surface area contributed by atoms with Gasteiger partial charge in [-0.05, 0) is 26.3 Å². The molecule has 0 amide bonds. The molecule has 130 valence electrons. The van der Waals surface area contributed by atoms with Crippen molar-refractivity contribution in [2.75, 3.05) is 26.8 Å². The number of hydrogen-bond donors (Lipinski definition) is 0. The SMILES string of the molecule is COc1c(C)cnc(CN2CCOC(Cn3cc(C)cn3)C2)c1C. The van der Waals surface area contributed by atoms with Gasteiger partial charge in [0.15, 0.2) is 0 Å². The van der Waals surface area contributed by atoms with Crippen molar-refractivity contribution in [2.24, 2.45) is 0 Å². The van der Waals surface area contributed by atoms with Gasteiger partial charge < -0.3 is 9.47 Å². The molecule has 0 N–H and O–H groups in total. The van der Waals surface area contributed by atoms with E-state index in [4.69, 9.17) is 9.47 Å². The van der Waals surface area contributed by atoms with Crippen molar-refractivity contribution < 1.29 is 9.47 Å². The van der Waals surface area contributed by atoms with Gasteiger partial charge in [-0.1, -0.05) is 0 Å². The molecule has 1 atom stereocenters. The summed E-state index contributed by atoms with van der Waals surface area (Å²) in [6, 6.07) is 0. The Morgan fingerprint density at radius 2 is 2.12 bits per heavy atom. The quantitative estimate of drug-likeness (QED) is 0.840. The summed E-state index contributed by atoms with van der Waals surface area (Å²) in [5.41, 5.74) is 4.46. The van der Waals surface area contributed by atoms with Crippen LogP contribution < -0.4 is 4.74 Å². The number of methoxy groups -OCH3 is 1. The molecule has 2 aromatic heterocycles. The van der Waals surface area contributed by atoms with E-state index in [1.807, 2.05) is 24.0 Å². The first kappa shape index (κ1) is 16.9. The van der Waals surface area contributed by atoms with Crippen LogP contribution in [0.15, 0.2) is 18.6 Å². The minimum atomic E-state index is 0.158. The fourth-order valence-corrected chi connectivity index (χ4v) is 3.25. The van der Waals surface area contributed by atoms with Gasteiger partial charge in [0.2, 0.25) is 0 Å². The molecule has 1 saturated heterocycles. The molecule has 1 unspecified atom stereocenters. The number of hydrogen-bond acceptors (Lipinski definition) is 5.